The van der Waals surface area contributed by atoms with Gasteiger partial charge in [0, 0.05) is 6.04 Å². The number of hydrogen-bond acceptors (Lipinski definition) is 2. The van der Waals surface area contributed by atoms with Gasteiger partial charge in [0.15, 0.2) is 0 Å². The van der Waals surface area contributed by atoms with Crippen molar-refractivity contribution in [2.45, 2.75) is 38.6 Å². The van der Waals surface area contributed by atoms with Crippen molar-refractivity contribution < 1.29 is 4.42 Å². The molecular weight excluding hydrogens is 162 g/mol. The molecule has 1 aromatic heterocycles. The smallest absolute Gasteiger partial charge is 0.0934 e. The molecule has 13 heavy (non-hydrogen) atoms. The fourth-order valence-corrected chi connectivity index (χ4v) is 1.56. The summed E-state index contributed by atoms with van der Waals surface area (Å²) in [7, 11) is 2.04. The maximum atomic E-state index is 5.02. The first kappa shape index (κ1) is 10.3. The molecule has 0 spiro atoms. The van der Waals surface area contributed by atoms with Crippen LogP contribution in [0, 0.1) is 0 Å². The predicted molar refractivity (Wildman–Crippen MR) is 54.8 cm³/mol. The average molecular weight is 181 g/mol. The van der Waals surface area contributed by atoms with Crippen LogP contribution in [-0.4, -0.2) is 13.1 Å². The van der Waals surface area contributed by atoms with Crippen LogP contribution >= 0.6 is 0 Å². The summed E-state index contributed by atoms with van der Waals surface area (Å²) in [5.74, 6) is 0. The second kappa shape index (κ2) is 5.81. The first-order valence-electron chi connectivity index (χ1n) is 5.05. The molecule has 0 bridgehead atoms. The Balaban J connectivity index is 2.23. The van der Waals surface area contributed by atoms with Crippen LogP contribution in [0.3, 0.4) is 0 Å². The lowest BCUT2D eigenvalue weighted by molar-refractivity contribution is 0.482. The summed E-state index contributed by atoms with van der Waals surface area (Å²) >= 11 is 0. The van der Waals surface area contributed by atoms with Gasteiger partial charge in [-0.2, -0.15) is 0 Å². The van der Waals surface area contributed by atoms with E-state index in [1.165, 1.54) is 24.8 Å². The summed E-state index contributed by atoms with van der Waals surface area (Å²) in [5.41, 5.74) is 1.30. The molecule has 1 rings (SSSR count). The monoisotopic (exact) mass is 181 g/mol. The van der Waals surface area contributed by atoms with Crippen LogP contribution < -0.4 is 5.32 Å². The molecule has 0 aromatic carbocycles. The molecule has 0 aliphatic rings. The highest BCUT2D eigenvalue weighted by Gasteiger charge is 2.04. The van der Waals surface area contributed by atoms with Gasteiger partial charge in [0.1, 0.15) is 0 Å². The molecule has 0 fully saturated rings. The number of hydrogen-bond donors (Lipinski definition) is 1. The summed E-state index contributed by atoms with van der Waals surface area (Å²) in [6, 6.07) is 2.69. The number of furan rings is 1. The molecule has 0 saturated carbocycles. The van der Waals surface area contributed by atoms with E-state index in [1.807, 2.05) is 19.4 Å². The highest BCUT2D eigenvalue weighted by Crippen LogP contribution is 2.08. The van der Waals surface area contributed by atoms with Crippen LogP contribution in [0.2, 0.25) is 0 Å². The zero-order chi connectivity index (χ0) is 9.52. The van der Waals surface area contributed by atoms with E-state index in [2.05, 4.69) is 12.2 Å². The highest BCUT2D eigenvalue weighted by molar-refractivity contribution is 5.05. The zero-order valence-electron chi connectivity index (χ0n) is 8.55. The van der Waals surface area contributed by atoms with E-state index in [4.69, 9.17) is 4.42 Å². The molecule has 1 N–H and O–H groups in total. The van der Waals surface area contributed by atoms with Crippen LogP contribution in [0.5, 0.6) is 0 Å². The van der Waals surface area contributed by atoms with Gasteiger partial charge < -0.3 is 9.73 Å². The van der Waals surface area contributed by atoms with Gasteiger partial charge in [-0.3, -0.25) is 0 Å². The predicted octanol–water partition coefficient (Wildman–Crippen LogP) is 2.60. The first-order valence-corrected chi connectivity index (χ1v) is 5.05. The van der Waals surface area contributed by atoms with E-state index in [1.54, 1.807) is 6.26 Å². The Bertz CT molecular complexity index is 206. The van der Waals surface area contributed by atoms with Crippen molar-refractivity contribution in [2.24, 2.45) is 0 Å². The van der Waals surface area contributed by atoms with Crippen molar-refractivity contribution in [2.75, 3.05) is 7.05 Å². The van der Waals surface area contributed by atoms with Crippen LogP contribution in [0.15, 0.2) is 23.0 Å². The normalized spacial score (nSPS) is 13.1. The van der Waals surface area contributed by atoms with Gasteiger partial charge in [-0.15, -0.1) is 0 Å². The number of rotatable bonds is 6. The molecule has 0 saturated heterocycles. The standard InChI is InChI=1S/C11H19NO/c1-3-4-11(12-2)6-5-10-7-8-13-9-10/h7-9,11-12H,3-6H2,1-2H3. The molecule has 74 valence electrons. The lowest BCUT2D eigenvalue weighted by atomic mass is 10.0. The van der Waals surface area contributed by atoms with Crippen LogP contribution in [0.25, 0.3) is 0 Å². The molecule has 0 radical (unpaired) electrons. The van der Waals surface area contributed by atoms with E-state index in [9.17, 15) is 0 Å². The Morgan fingerprint density at radius 2 is 2.31 bits per heavy atom. The van der Waals surface area contributed by atoms with Gasteiger partial charge in [0.25, 0.3) is 0 Å². The Kier molecular flexibility index (Phi) is 4.61. The average Bonchev–Trinajstić information content (AvgIpc) is 2.64. The zero-order valence-corrected chi connectivity index (χ0v) is 8.55. The maximum absolute atomic E-state index is 5.02. The Hall–Kier alpha value is -0.760. The van der Waals surface area contributed by atoms with Crippen LogP contribution in [-0.2, 0) is 6.42 Å². The Morgan fingerprint density at radius 1 is 1.46 bits per heavy atom. The Labute approximate surface area is 80.3 Å². The molecular formula is C11H19NO. The lowest BCUT2D eigenvalue weighted by Crippen LogP contribution is -2.25. The maximum Gasteiger partial charge on any atom is 0.0934 e. The van der Waals surface area contributed by atoms with Crippen molar-refractivity contribution in [1.29, 1.82) is 0 Å². The van der Waals surface area contributed by atoms with Crippen molar-refractivity contribution in [3.63, 3.8) is 0 Å². The number of aryl methyl sites for hydroxylation is 1. The topological polar surface area (TPSA) is 25.2 Å². The van der Waals surface area contributed by atoms with E-state index in [-0.39, 0.29) is 0 Å². The van der Waals surface area contributed by atoms with Crippen molar-refractivity contribution in [3.05, 3.63) is 24.2 Å². The van der Waals surface area contributed by atoms with Crippen LogP contribution in [0.4, 0.5) is 0 Å². The summed E-state index contributed by atoms with van der Waals surface area (Å²) < 4.78 is 5.02. The highest BCUT2D eigenvalue weighted by atomic mass is 16.3. The van der Waals surface area contributed by atoms with Gasteiger partial charge in [0.05, 0.1) is 12.5 Å². The molecule has 1 heterocycles. The fourth-order valence-electron chi connectivity index (χ4n) is 1.56. The largest absolute Gasteiger partial charge is 0.472 e. The van der Waals surface area contributed by atoms with Gasteiger partial charge >= 0.3 is 0 Å². The fraction of sp³-hybridized carbons (Fsp3) is 0.636. The minimum Gasteiger partial charge on any atom is -0.472 e. The van der Waals surface area contributed by atoms with Gasteiger partial charge in [-0.1, -0.05) is 13.3 Å². The second-order valence-corrected chi connectivity index (χ2v) is 3.44. The first-order chi connectivity index (χ1) is 6.36. The quantitative estimate of drug-likeness (QED) is 0.729. The van der Waals surface area contributed by atoms with E-state index in [0.717, 1.165) is 6.42 Å². The van der Waals surface area contributed by atoms with E-state index in [0.29, 0.717) is 6.04 Å². The molecule has 2 heteroatoms. The SMILES string of the molecule is CCCC(CCc1ccoc1)NC. The van der Waals surface area contributed by atoms with Crippen molar-refractivity contribution in [1.82, 2.24) is 5.32 Å². The van der Waals surface area contributed by atoms with Gasteiger partial charge in [-0.05, 0) is 37.9 Å². The van der Waals surface area contributed by atoms with E-state index < -0.39 is 0 Å². The molecule has 0 aliphatic carbocycles. The lowest BCUT2D eigenvalue weighted by Gasteiger charge is -2.13. The molecule has 1 aromatic rings. The van der Waals surface area contributed by atoms with Crippen molar-refractivity contribution in [3.8, 4) is 0 Å². The minimum atomic E-state index is 0.653. The van der Waals surface area contributed by atoms with E-state index >= 15 is 0 Å². The molecule has 1 unspecified atom stereocenters. The van der Waals surface area contributed by atoms with Gasteiger partial charge in [0.2, 0.25) is 0 Å². The third-order valence-electron chi connectivity index (χ3n) is 2.41. The molecule has 1 atom stereocenters. The summed E-state index contributed by atoms with van der Waals surface area (Å²) in [6.45, 7) is 2.22. The third kappa shape index (κ3) is 3.64. The summed E-state index contributed by atoms with van der Waals surface area (Å²) in [5, 5.41) is 3.33. The molecule has 0 amide bonds. The number of nitrogens with one attached hydrogen (secondary N) is 1. The van der Waals surface area contributed by atoms with Crippen molar-refractivity contribution >= 4 is 0 Å². The summed E-state index contributed by atoms with van der Waals surface area (Å²) in [6.07, 6.45) is 8.39. The molecule has 2 nitrogen and oxygen atoms in total. The summed E-state index contributed by atoms with van der Waals surface area (Å²) in [4.78, 5) is 0. The van der Waals surface area contributed by atoms with Gasteiger partial charge in [-0.25, -0.2) is 0 Å². The minimum absolute atomic E-state index is 0.653. The van der Waals surface area contributed by atoms with Crippen LogP contribution in [0.1, 0.15) is 31.7 Å². The second-order valence-electron chi connectivity index (χ2n) is 3.44. The molecule has 0 aliphatic heterocycles. The Morgan fingerprint density at radius 3 is 2.85 bits per heavy atom. The third-order valence-corrected chi connectivity index (χ3v) is 2.41.